The monoisotopic (exact) mass is 474 g/mol. The summed E-state index contributed by atoms with van der Waals surface area (Å²) >= 11 is 6.66. The highest BCUT2D eigenvalue weighted by Crippen LogP contribution is 2.34. The predicted octanol–water partition coefficient (Wildman–Crippen LogP) is 4.62. The molecule has 0 atom stereocenters. The van der Waals surface area contributed by atoms with E-state index in [0.29, 0.717) is 6.54 Å². The highest BCUT2D eigenvalue weighted by atomic mass is 79.9. The van der Waals surface area contributed by atoms with Crippen LogP contribution >= 0.6 is 31.9 Å². The molecule has 1 saturated carbocycles. The maximum Gasteiger partial charge on any atom is 0.408 e. The van der Waals surface area contributed by atoms with Crippen molar-refractivity contribution >= 4 is 49.5 Å². The Balaban J connectivity index is 2.16. The minimum atomic E-state index is -0.550. The summed E-state index contributed by atoms with van der Waals surface area (Å²) in [5, 5.41) is 3.23. The lowest BCUT2D eigenvalue weighted by molar-refractivity contribution is -0.116. The molecule has 0 spiro atoms. The van der Waals surface area contributed by atoms with Gasteiger partial charge in [-0.15, -0.1) is 0 Å². The van der Waals surface area contributed by atoms with Crippen molar-refractivity contribution in [2.45, 2.75) is 51.2 Å². The van der Waals surface area contributed by atoms with E-state index in [9.17, 15) is 9.59 Å². The van der Waals surface area contributed by atoms with Crippen LogP contribution in [0.5, 0.6) is 0 Å². The van der Waals surface area contributed by atoms with E-state index >= 15 is 0 Å². The van der Waals surface area contributed by atoms with Gasteiger partial charge < -0.3 is 15.0 Å². The zero-order chi connectivity index (χ0) is 18.7. The Hall–Kier alpha value is -1.08. The summed E-state index contributed by atoms with van der Waals surface area (Å²) in [4.78, 5) is 26.4. The summed E-state index contributed by atoms with van der Waals surface area (Å²) in [6.45, 7) is 5.94. The highest BCUT2D eigenvalue weighted by Gasteiger charge is 2.42. The fraction of sp³-hybridized carbons (Fsp3) is 0.556. The largest absolute Gasteiger partial charge is 0.444 e. The second kappa shape index (κ2) is 8.08. The molecule has 1 aliphatic rings. The molecule has 138 valence electrons. The highest BCUT2D eigenvalue weighted by molar-refractivity contribution is 9.10. The molecule has 25 heavy (non-hydrogen) atoms. The van der Waals surface area contributed by atoms with Crippen molar-refractivity contribution in [1.82, 2.24) is 5.32 Å². The van der Waals surface area contributed by atoms with Crippen LogP contribution in [-0.4, -0.2) is 35.0 Å². The van der Waals surface area contributed by atoms with Gasteiger partial charge in [0.25, 0.3) is 0 Å². The van der Waals surface area contributed by atoms with Gasteiger partial charge in [-0.05, 0) is 64.3 Å². The lowest BCUT2D eigenvalue weighted by Gasteiger charge is -2.45. The van der Waals surface area contributed by atoms with E-state index in [1.54, 1.807) is 4.90 Å². The molecule has 1 fully saturated rings. The van der Waals surface area contributed by atoms with Crippen LogP contribution in [0.4, 0.5) is 10.5 Å². The standard InChI is InChI=1S/C18H24Br2N2O3/c1-17(2,3)25-16(24)21-18(9-4-10-18)12-22(15(23)11-19)14-7-5-13(20)6-8-14/h5-8H,4,9-12H2,1-3H3,(H,21,24). The Morgan fingerprint density at radius 2 is 1.84 bits per heavy atom. The van der Waals surface area contributed by atoms with Crippen molar-refractivity contribution < 1.29 is 14.3 Å². The lowest BCUT2D eigenvalue weighted by Crippen LogP contribution is -2.61. The van der Waals surface area contributed by atoms with Crippen LogP contribution in [0.25, 0.3) is 0 Å². The Kier molecular flexibility index (Phi) is 6.54. The second-order valence-electron chi connectivity index (χ2n) is 7.35. The molecule has 2 rings (SSSR count). The SMILES string of the molecule is CC(C)(C)OC(=O)NC1(CN(C(=O)CBr)c2ccc(Br)cc2)CCC1. The molecule has 0 heterocycles. The Labute approximate surface area is 165 Å². The van der Waals surface area contributed by atoms with Gasteiger partial charge in [0.15, 0.2) is 0 Å². The molecule has 0 aliphatic heterocycles. The Bertz CT molecular complexity index is 622. The van der Waals surface area contributed by atoms with E-state index in [-0.39, 0.29) is 11.2 Å². The number of nitrogens with zero attached hydrogens (tertiary/aromatic N) is 1. The van der Waals surface area contributed by atoms with Crippen LogP contribution in [0.2, 0.25) is 0 Å². The first kappa shape index (κ1) is 20.2. The van der Waals surface area contributed by atoms with Crippen molar-refractivity contribution in [1.29, 1.82) is 0 Å². The number of alkyl halides is 1. The number of anilines is 1. The van der Waals surface area contributed by atoms with E-state index in [1.165, 1.54) is 0 Å². The minimum absolute atomic E-state index is 0.0420. The number of benzene rings is 1. The number of alkyl carbamates (subject to hydrolysis) is 1. The summed E-state index contributed by atoms with van der Waals surface area (Å²) in [6.07, 6.45) is 2.24. The van der Waals surface area contributed by atoms with Crippen molar-refractivity contribution in [3.05, 3.63) is 28.7 Å². The van der Waals surface area contributed by atoms with E-state index < -0.39 is 17.2 Å². The fourth-order valence-electron chi connectivity index (χ4n) is 2.77. The number of carbonyl (C=O) groups is 2. The third kappa shape index (κ3) is 5.71. The molecular formula is C18H24Br2N2O3. The molecule has 5 nitrogen and oxygen atoms in total. The third-order valence-corrected chi connectivity index (χ3v) is 5.10. The van der Waals surface area contributed by atoms with Crippen LogP contribution in [0.15, 0.2) is 28.7 Å². The molecular weight excluding hydrogens is 452 g/mol. The van der Waals surface area contributed by atoms with E-state index in [1.807, 2.05) is 45.0 Å². The van der Waals surface area contributed by atoms with E-state index in [2.05, 4.69) is 37.2 Å². The van der Waals surface area contributed by atoms with Gasteiger partial charge in [-0.1, -0.05) is 31.9 Å². The van der Waals surface area contributed by atoms with Gasteiger partial charge in [0.05, 0.1) is 10.9 Å². The number of hydrogen-bond donors (Lipinski definition) is 1. The zero-order valence-electron chi connectivity index (χ0n) is 14.8. The molecule has 2 amide bonds. The van der Waals surface area contributed by atoms with Crippen molar-refractivity contribution in [3.8, 4) is 0 Å². The zero-order valence-corrected chi connectivity index (χ0v) is 17.9. The van der Waals surface area contributed by atoms with Gasteiger partial charge in [0.1, 0.15) is 5.60 Å². The molecule has 0 saturated heterocycles. The van der Waals surface area contributed by atoms with E-state index in [4.69, 9.17) is 4.74 Å². The van der Waals surface area contributed by atoms with Gasteiger partial charge in [-0.2, -0.15) is 0 Å². The smallest absolute Gasteiger partial charge is 0.408 e. The predicted molar refractivity (Wildman–Crippen MR) is 106 cm³/mol. The van der Waals surface area contributed by atoms with Crippen molar-refractivity contribution in [2.24, 2.45) is 0 Å². The summed E-state index contributed by atoms with van der Waals surface area (Å²) in [5.74, 6) is -0.0420. The van der Waals surface area contributed by atoms with Crippen LogP contribution in [-0.2, 0) is 9.53 Å². The van der Waals surface area contributed by atoms with Gasteiger partial charge in [-0.25, -0.2) is 4.79 Å². The maximum atomic E-state index is 12.5. The number of amides is 2. The Morgan fingerprint density at radius 1 is 1.24 bits per heavy atom. The quantitative estimate of drug-likeness (QED) is 0.632. The van der Waals surface area contributed by atoms with Gasteiger partial charge >= 0.3 is 6.09 Å². The minimum Gasteiger partial charge on any atom is -0.444 e. The summed E-state index contributed by atoms with van der Waals surface area (Å²) in [7, 11) is 0. The number of rotatable bonds is 5. The topological polar surface area (TPSA) is 58.6 Å². The number of carbonyl (C=O) groups excluding carboxylic acids is 2. The molecule has 0 unspecified atom stereocenters. The third-order valence-electron chi connectivity index (χ3n) is 4.09. The number of halogens is 2. The van der Waals surface area contributed by atoms with Crippen LogP contribution < -0.4 is 10.2 Å². The van der Waals surface area contributed by atoms with Crippen LogP contribution in [0.1, 0.15) is 40.0 Å². The molecule has 1 N–H and O–H groups in total. The first-order valence-corrected chi connectivity index (χ1v) is 10.2. The average molecular weight is 476 g/mol. The molecule has 0 bridgehead atoms. The first-order valence-electron chi connectivity index (χ1n) is 8.27. The second-order valence-corrected chi connectivity index (χ2v) is 8.83. The van der Waals surface area contributed by atoms with Crippen molar-refractivity contribution in [3.63, 3.8) is 0 Å². The molecule has 1 aromatic rings. The maximum absolute atomic E-state index is 12.5. The Morgan fingerprint density at radius 3 is 2.28 bits per heavy atom. The lowest BCUT2D eigenvalue weighted by atomic mass is 9.76. The molecule has 1 aliphatic carbocycles. The fourth-order valence-corrected chi connectivity index (χ4v) is 3.33. The van der Waals surface area contributed by atoms with Gasteiger partial charge in [-0.3, -0.25) is 4.79 Å². The number of nitrogens with one attached hydrogen (secondary N) is 1. The van der Waals surface area contributed by atoms with Gasteiger partial charge in [0.2, 0.25) is 5.91 Å². The number of hydrogen-bond acceptors (Lipinski definition) is 3. The molecule has 7 heteroatoms. The van der Waals surface area contributed by atoms with Gasteiger partial charge in [0, 0.05) is 16.7 Å². The van der Waals surface area contributed by atoms with Crippen LogP contribution in [0.3, 0.4) is 0 Å². The molecule has 0 aromatic heterocycles. The van der Waals surface area contributed by atoms with Crippen LogP contribution in [0, 0.1) is 0 Å². The first-order chi connectivity index (χ1) is 11.6. The van der Waals surface area contributed by atoms with E-state index in [0.717, 1.165) is 29.4 Å². The summed E-state index contributed by atoms with van der Waals surface area (Å²) in [5.41, 5.74) is -0.177. The molecule has 1 aromatic carbocycles. The van der Waals surface area contributed by atoms with Crippen molar-refractivity contribution in [2.75, 3.05) is 16.8 Å². The summed E-state index contributed by atoms with van der Waals surface area (Å²) in [6, 6.07) is 7.59. The number of ether oxygens (including phenoxy) is 1. The molecule has 0 radical (unpaired) electrons. The average Bonchev–Trinajstić information content (AvgIpc) is 2.48. The summed E-state index contributed by atoms with van der Waals surface area (Å²) < 4.78 is 6.34. The normalized spacial score (nSPS) is 15.9.